The van der Waals surface area contributed by atoms with Crippen LogP contribution < -0.4 is 19.1 Å². The summed E-state index contributed by atoms with van der Waals surface area (Å²) >= 11 is 0. The summed E-state index contributed by atoms with van der Waals surface area (Å²) in [6.45, 7) is 0.332. The van der Waals surface area contributed by atoms with E-state index in [4.69, 9.17) is 19.4 Å². The maximum Gasteiger partial charge on any atom is 0.180 e. The Kier molecular flexibility index (Phi) is 6.79. The van der Waals surface area contributed by atoms with Crippen molar-refractivity contribution in [2.24, 2.45) is 0 Å². The number of aromatic hydroxyl groups is 1. The number of carboxylic acid groups (broad SMARTS) is 1. The molecule has 0 saturated carbocycles. The number of ether oxygens (including phenoxy) is 2. The predicted octanol–water partition coefficient (Wildman–Crippen LogP) is 1.46. The minimum atomic E-state index is -0.500. The van der Waals surface area contributed by atoms with Crippen LogP contribution in [0.2, 0.25) is 0 Å². The van der Waals surface area contributed by atoms with E-state index in [9.17, 15) is 5.11 Å². The number of phenols is 1. The van der Waals surface area contributed by atoms with Gasteiger partial charge in [0, 0.05) is 19.0 Å². The summed E-state index contributed by atoms with van der Waals surface area (Å²) in [5, 5.41) is 20.3. The summed E-state index contributed by atoms with van der Waals surface area (Å²) in [5.41, 5.74) is 1.24. The van der Waals surface area contributed by atoms with Crippen molar-refractivity contribution in [3.05, 3.63) is 60.4 Å². The van der Waals surface area contributed by atoms with Crippen molar-refractivity contribution in [2.75, 3.05) is 14.2 Å². The van der Waals surface area contributed by atoms with Crippen LogP contribution in [0.5, 0.6) is 17.2 Å². The third-order valence-electron chi connectivity index (χ3n) is 3.99. The summed E-state index contributed by atoms with van der Waals surface area (Å²) in [5.74, 6) is 1.54. The lowest BCUT2D eigenvalue weighted by Crippen LogP contribution is -2.33. The second kappa shape index (κ2) is 9.27. The molecule has 1 aromatic heterocycles. The average Bonchev–Trinajstić information content (AvgIpc) is 2.68. The Morgan fingerprint density at radius 2 is 1.77 bits per heavy atom. The number of fused-ring (bicyclic) bond motifs is 1. The number of rotatable bonds is 5. The number of benzene rings is 2. The van der Waals surface area contributed by atoms with Crippen molar-refractivity contribution in [3.63, 3.8) is 0 Å². The summed E-state index contributed by atoms with van der Waals surface area (Å²) in [4.78, 5) is 8.25. The molecule has 3 rings (SSSR count). The van der Waals surface area contributed by atoms with Crippen LogP contribution in [0.25, 0.3) is 10.8 Å². The van der Waals surface area contributed by atoms with Gasteiger partial charge in [0.1, 0.15) is 5.75 Å². The highest BCUT2D eigenvalue weighted by molar-refractivity contribution is 5.88. The molecule has 1 heterocycles. The van der Waals surface area contributed by atoms with Gasteiger partial charge in [-0.05, 0) is 35.2 Å². The first-order valence-corrected chi connectivity index (χ1v) is 8.00. The van der Waals surface area contributed by atoms with E-state index < -0.39 is 6.47 Å². The van der Waals surface area contributed by atoms with Gasteiger partial charge in [0.2, 0.25) is 0 Å². The van der Waals surface area contributed by atoms with Gasteiger partial charge in [-0.3, -0.25) is 0 Å². The molecular weight excluding hydrogens is 334 g/mol. The van der Waals surface area contributed by atoms with Crippen LogP contribution in [0.15, 0.2) is 54.9 Å². The number of hydrogen-bond donors (Lipinski definition) is 1. The molecule has 0 bridgehead atoms. The van der Waals surface area contributed by atoms with Gasteiger partial charge < -0.3 is 24.5 Å². The van der Waals surface area contributed by atoms with E-state index in [1.54, 1.807) is 20.3 Å². The van der Waals surface area contributed by atoms with Crippen molar-refractivity contribution in [2.45, 2.75) is 13.0 Å². The number of carbonyl (C=O) groups is 1. The second-order valence-electron chi connectivity index (χ2n) is 5.50. The minimum absolute atomic E-state index is 0.184. The van der Waals surface area contributed by atoms with Crippen LogP contribution in [-0.4, -0.2) is 25.8 Å². The Hall–Kier alpha value is -3.28. The molecule has 1 N–H and O–H groups in total. The first-order valence-electron chi connectivity index (χ1n) is 8.00. The number of hydrogen-bond acceptors (Lipinski definition) is 5. The molecule has 2 aromatic carbocycles. The highest BCUT2D eigenvalue weighted by Gasteiger charge is 2.11. The van der Waals surface area contributed by atoms with Gasteiger partial charge in [0.25, 0.3) is 0 Å². The predicted molar refractivity (Wildman–Crippen MR) is 95.1 cm³/mol. The molecule has 0 aliphatic carbocycles. The molecule has 26 heavy (non-hydrogen) atoms. The first kappa shape index (κ1) is 19.1. The molecular formula is C20H21NO5. The van der Waals surface area contributed by atoms with Crippen molar-refractivity contribution in [3.8, 4) is 17.2 Å². The Morgan fingerprint density at radius 1 is 1.08 bits per heavy atom. The van der Waals surface area contributed by atoms with Gasteiger partial charge in [0.05, 0.1) is 19.6 Å². The standard InChI is InChI=1S/C19H19NO3.CH2O2/c1-22-16-6-3-14(4-7-16)9-11-20-12-10-15-5-8-18(23-2)19(21)17(15)13-20;2-1-3/h3-8,10,12-13H,9,11H2,1-2H3;1H,(H,2,3). The maximum absolute atomic E-state index is 10.3. The highest BCUT2D eigenvalue weighted by Crippen LogP contribution is 2.33. The van der Waals surface area contributed by atoms with E-state index in [-0.39, 0.29) is 5.75 Å². The van der Waals surface area contributed by atoms with Gasteiger partial charge >= 0.3 is 0 Å². The van der Waals surface area contributed by atoms with E-state index in [0.29, 0.717) is 5.75 Å². The van der Waals surface area contributed by atoms with Gasteiger partial charge in [-0.2, -0.15) is 0 Å². The quantitative estimate of drug-likeness (QED) is 0.553. The molecule has 6 nitrogen and oxygen atoms in total. The molecule has 0 atom stereocenters. The van der Waals surface area contributed by atoms with Crippen LogP contribution in [0.3, 0.4) is 0 Å². The molecule has 0 aliphatic rings. The Bertz CT molecular complexity index is 862. The van der Waals surface area contributed by atoms with Crippen molar-refractivity contribution < 1.29 is 29.0 Å². The second-order valence-corrected chi connectivity index (χ2v) is 5.50. The highest BCUT2D eigenvalue weighted by atomic mass is 16.5. The molecule has 0 radical (unpaired) electrons. The van der Waals surface area contributed by atoms with Crippen LogP contribution in [0, 0.1) is 0 Å². The molecule has 3 aromatic rings. The summed E-state index contributed by atoms with van der Waals surface area (Å²) in [6.07, 6.45) is 4.89. The number of pyridine rings is 1. The summed E-state index contributed by atoms with van der Waals surface area (Å²) in [6, 6.07) is 13.8. The molecule has 0 spiro atoms. The van der Waals surface area contributed by atoms with Gasteiger partial charge in [-0.25, -0.2) is 4.57 Å². The zero-order valence-electron chi connectivity index (χ0n) is 14.7. The SMILES string of the molecule is COc1ccc(CC[n+]2ccc3ccc(OC)c(O)c3c2)cc1.O=C[O-]. The van der Waals surface area contributed by atoms with E-state index in [1.807, 2.05) is 36.7 Å². The van der Waals surface area contributed by atoms with Gasteiger partial charge in [-0.1, -0.05) is 12.1 Å². The Balaban J connectivity index is 0.000000758. The number of aromatic nitrogens is 1. The van der Waals surface area contributed by atoms with Crippen molar-refractivity contribution in [1.82, 2.24) is 0 Å². The fourth-order valence-corrected chi connectivity index (χ4v) is 2.62. The Labute approximate surface area is 151 Å². The number of aryl methyl sites for hydroxylation is 2. The third-order valence-corrected chi connectivity index (χ3v) is 3.99. The fourth-order valence-electron chi connectivity index (χ4n) is 2.62. The number of nitrogens with zero attached hydrogens (tertiary/aromatic N) is 1. The topological polar surface area (TPSA) is 82.7 Å². The summed E-state index contributed by atoms with van der Waals surface area (Å²) in [7, 11) is 3.22. The van der Waals surface area contributed by atoms with E-state index in [0.717, 1.165) is 29.5 Å². The molecule has 136 valence electrons. The number of methoxy groups -OCH3 is 2. The fraction of sp³-hybridized carbons (Fsp3) is 0.200. The Morgan fingerprint density at radius 3 is 2.38 bits per heavy atom. The summed E-state index contributed by atoms with van der Waals surface area (Å²) < 4.78 is 12.4. The normalized spacial score (nSPS) is 9.92. The smallest absolute Gasteiger partial charge is 0.180 e. The van der Waals surface area contributed by atoms with Crippen LogP contribution >= 0.6 is 0 Å². The monoisotopic (exact) mass is 355 g/mol. The van der Waals surface area contributed by atoms with E-state index in [1.165, 1.54) is 5.56 Å². The van der Waals surface area contributed by atoms with Crippen molar-refractivity contribution in [1.29, 1.82) is 0 Å². The minimum Gasteiger partial charge on any atom is -0.554 e. The largest absolute Gasteiger partial charge is 0.554 e. The van der Waals surface area contributed by atoms with Crippen LogP contribution in [0.4, 0.5) is 0 Å². The van der Waals surface area contributed by atoms with Crippen molar-refractivity contribution >= 4 is 17.2 Å². The molecule has 0 aliphatic heterocycles. The lowest BCUT2D eigenvalue weighted by molar-refractivity contribution is -0.695. The zero-order chi connectivity index (χ0) is 18.9. The van der Waals surface area contributed by atoms with E-state index >= 15 is 0 Å². The van der Waals surface area contributed by atoms with Gasteiger partial charge in [-0.15, -0.1) is 0 Å². The lowest BCUT2D eigenvalue weighted by atomic mass is 10.1. The molecule has 0 amide bonds. The zero-order valence-corrected chi connectivity index (χ0v) is 14.7. The average molecular weight is 355 g/mol. The maximum atomic E-state index is 10.3. The van der Waals surface area contributed by atoms with E-state index in [2.05, 4.69) is 16.7 Å². The molecule has 6 heteroatoms. The third kappa shape index (κ3) is 4.63. The van der Waals surface area contributed by atoms with Gasteiger partial charge in [0.15, 0.2) is 30.4 Å². The number of carbonyl (C=O) groups excluding carboxylic acids is 1. The number of phenolic OH excluding ortho intramolecular Hbond substituents is 1. The molecule has 0 fully saturated rings. The molecule has 0 saturated heterocycles. The first-order chi connectivity index (χ1) is 12.6. The lowest BCUT2D eigenvalue weighted by Gasteiger charge is -2.06. The van der Waals surface area contributed by atoms with Crippen LogP contribution in [-0.2, 0) is 17.8 Å². The van der Waals surface area contributed by atoms with Crippen LogP contribution in [0.1, 0.15) is 5.56 Å². The molecule has 0 unspecified atom stereocenters.